The Morgan fingerprint density at radius 3 is 2.68 bits per heavy atom. The lowest BCUT2D eigenvalue weighted by Crippen LogP contribution is -2.00. The monoisotopic (exact) mass is 325 g/mol. The Labute approximate surface area is 119 Å². The molecule has 1 heterocycles. The van der Waals surface area contributed by atoms with Gasteiger partial charge in [0, 0.05) is 11.3 Å². The summed E-state index contributed by atoms with van der Waals surface area (Å²) in [6, 6.07) is 6.22. The Hall–Kier alpha value is -1.46. The van der Waals surface area contributed by atoms with E-state index < -0.39 is 0 Å². The van der Waals surface area contributed by atoms with Crippen molar-refractivity contribution in [1.29, 1.82) is 0 Å². The summed E-state index contributed by atoms with van der Waals surface area (Å²) in [6.45, 7) is 3.58. The largest absolute Gasteiger partial charge is 0.439 e. The van der Waals surface area contributed by atoms with Gasteiger partial charge in [-0.1, -0.05) is 0 Å². The number of nitrogens with zero attached hydrogens (tertiary/aromatic N) is 1. The van der Waals surface area contributed by atoms with Crippen LogP contribution in [0.25, 0.3) is 0 Å². The summed E-state index contributed by atoms with van der Waals surface area (Å²) in [6.07, 6.45) is 0. The molecule has 0 saturated heterocycles. The minimum atomic E-state index is -0.358. The van der Waals surface area contributed by atoms with E-state index in [1.807, 2.05) is 19.9 Å². The smallest absolute Gasteiger partial charge is 0.225 e. The van der Waals surface area contributed by atoms with Crippen molar-refractivity contribution in [1.82, 2.24) is 4.98 Å². The Balaban J connectivity index is 2.39. The van der Waals surface area contributed by atoms with Crippen molar-refractivity contribution in [2.24, 2.45) is 0 Å². The van der Waals surface area contributed by atoms with Crippen molar-refractivity contribution < 1.29 is 14.2 Å². The first-order chi connectivity index (χ1) is 9.01. The summed E-state index contributed by atoms with van der Waals surface area (Å²) in [5, 5.41) is 9.38. The number of aryl methyl sites for hydroxylation is 2. The maximum atomic E-state index is 13.2. The molecule has 0 unspecified atom stereocenters. The number of aromatic nitrogens is 1. The number of hydrogen-bond donors (Lipinski definition) is 1. The van der Waals surface area contributed by atoms with E-state index in [0.29, 0.717) is 21.7 Å². The van der Waals surface area contributed by atoms with E-state index in [1.54, 1.807) is 0 Å². The highest BCUT2D eigenvalue weighted by molar-refractivity contribution is 9.10. The molecular weight excluding hydrogens is 313 g/mol. The zero-order valence-electron chi connectivity index (χ0n) is 10.6. The quantitative estimate of drug-likeness (QED) is 0.931. The van der Waals surface area contributed by atoms with Gasteiger partial charge in [-0.3, -0.25) is 0 Å². The minimum absolute atomic E-state index is 0.156. The van der Waals surface area contributed by atoms with E-state index >= 15 is 0 Å². The van der Waals surface area contributed by atoms with E-state index in [0.717, 1.165) is 11.3 Å². The molecule has 0 bridgehead atoms. The molecule has 0 aliphatic carbocycles. The van der Waals surface area contributed by atoms with Gasteiger partial charge >= 0.3 is 0 Å². The van der Waals surface area contributed by atoms with E-state index in [2.05, 4.69) is 20.9 Å². The second-order valence-corrected chi connectivity index (χ2v) is 5.05. The number of rotatable bonds is 3. The second kappa shape index (κ2) is 5.67. The van der Waals surface area contributed by atoms with Crippen LogP contribution < -0.4 is 4.74 Å². The zero-order valence-corrected chi connectivity index (χ0v) is 12.2. The van der Waals surface area contributed by atoms with Gasteiger partial charge in [0.1, 0.15) is 11.6 Å². The van der Waals surface area contributed by atoms with Gasteiger partial charge in [-0.25, -0.2) is 9.37 Å². The highest BCUT2D eigenvalue weighted by atomic mass is 79.9. The molecule has 0 spiro atoms. The van der Waals surface area contributed by atoms with Crippen LogP contribution in [0.5, 0.6) is 11.6 Å². The summed E-state index contributed by atoms with van der Waals surface area (Å²) in [7, 11) is 0. The first-order valence-corrected chi connectivity index (χ1v) is 6.51. The van der Waals surface area contributed by atoms with Gasteiger partial charge in [-0.2, -0.15) is 0 Å². The maximum Gasteiger partial charge on any atom is 0.225 e. The third kappa shape index (κ3) is 3.11. The normalized spacial score (nSPS) is 10.6. The molecule has 2 aromatic rings. The fourth-order valence-electron chi connectivity index (χ4n) is 1.76. The first kappa shape index (κ1) is 14.0. The lowest BCUT2D eigenvalue weighted by atomic mass is 10.1. The van der Waals surface area contributed by atoms with Crippen LogP contribution >= 0.6 is 15.9 Å². The van der Waals surface area contributed by atoms with Crippen molar-refractivity contribution in [3.63, 3.8) is 0 Å². The van der Waals surface area contributed by atoms with Crippen molar-refractivity contribution in [3.8, 4) is 11.6 Å². The van der Waals surface area contributed by atoms with Gasteiger partial charge < -0.3 is 9.84 Å². The molecule has 0 saturated carbocycles. The third-order valence-electron chi connectivity index (χ3n) is 2.70. The van der Waals surface area contributed by atoms with Crippen molar-refractivity contribution in [3.05, 3.63) is 51.4 Å². The minimum Gasteiger partial charge on any atom is -0.439 e. The highest BCUT2D eigenvalue weighted by Gasteiger charge is 2.11. The predicted molar refractivity (Wildman–Crippen MR) is 73.8 cm³/mol. The van der Waals surface area contributed by atoms with E-state index in [4.69, 9.17) is 4.74 Å². The van der Waals surface area contributed by atoms with Crippen LogP contribution in [0.3, 0.4) is 0 Å². The summed E-state index contributed by atoms with van der Waals surface area (Å²) in [5.41, 5.74) is 2.34. The standard InChI is InChI=1S/C14H13BrFNO2/c1-8-5-9(2)17-14(11(8)7-18)19-10-3-4-13(16)12(15)6-10/h3-6,18H,7H2,1-2H3. The van der Waals surface area contributed by atoms with Gasteiger partial charge in [-0.15, -0.1) is 0 Å². The fraction of sp³-hybridized carbons (Fsp3) is 0.214. The molecule has 0 amide bonds. The zero-order chi connectivity index (χ0) is 14.0. The number of pyridine rings is 1. The number of hydrogen-bond acceptors (Lipinski definition) is 3. The van der Waals surface area contributed by atoms with Gasteiger partial charge in [0.15, 0.2) is 0 Å². The molecule has 1 N–H and O–H groups in total. The number of aliphatic hydroxyl groups excluding tert-OH is 1. The van der Waals surface area contributed by atoms with Crippen molar-refractivity contribution in [2.75, 3.05) is 0 Å². The second-order valence-electron chi connectivity index (χ2n) is 4.20. The van der Waals surface area contributed by atoms with E-state index in [9.17, 15) is 9.50 Å². The van der Waals surface area contributed by atoms with Crippen LogP contribution in [0.15, 0.2) is 28.7 Å². The number of benzene rings is 1. The lowest BCUT2D eigenvalue weighted by molar-refractivity contribution is 0.274. The van der Waals surface area contributed by atoms with E-state index in [1.165, 1.54) is 18.2 Å². The maximum absolute atomic E-state index is 13.2. The average molecular weight is 326 g/mol. The van der Waals surface area contributed by atoms with Gasteiger partial charge in [0.05, 0.1) is 11.1 Å². The topological polar surface area (TPSA) is 42.4 Å². The van der Waals surface area contributed by atoms with Crippen LogP contribution in [0.2, 0.25) is 0 Å². The Kier molecular flexibility index (Phi) is 4.17. The summed E-state index contributed by atoms with van der Waals surface area (Å²) < 4.78 is 19.1. The predicted octanol–water partition coefficient (Wildman–Crippen LogP) is 3.88. The molecule has 2 rings (SSSR count). The number of ether oxygens (including phenoxy) is 1. The Morgan fingerprint density at radius 2 is 2.05 bits per heavy atom. The summed E-state index contributed by atoms with van der Waals surface area (Å²) in [4.78, 5) is 4.26. The van der Waals surface area contributed by atoms with Crippen molar-refractivity contribution in [2.45, 2.75) is 20.5 Å². The van der Waals surface area contributed by atoms with Crippen LogP contribution in [-0.4, -0.2) is 10.1 Å². The SMILES string of the molecule is Cc1cc(C)c(CO)c(Oc2ccc(F)c(Br)c2)n1. The highest BCUT2D eigenvalue weighted by Crippen LogP contribution is 2.29. The van der Waals surface area contributed by atoms with Crippen LogP contribution in [-0.2, 0) is 6.61 Å². The molecule has 1 aromatic heterocycles. The van der Waals surface area contributed by atoms with Crippen LogP contribution in [0.4, 0.5) is 4.39 Å². The molecule has 0 aliphatic rings. The molecule has 19 heavy (non-hydrogen) atoms. The lowest BCUT2D eigenvalue weighted by Gasteiger charge is -2.12. The molecule has 1 aromatic carbocycles. The molecule has 0 aliphatic heterocycles. The molecule has 0 radical (unpaired) electrons. The average Bonchev–Trinajstić information content (AvgIpc) is 2.33. The van der Waals surface area contributed by atoms with E-state index in [-0.39, 0.29) is 12.4 Å². The Morgan fingerprint density at radius 1 is 1.32 bits per heavy atom. The third-order valence-corrected chi connectivity index (χ3v) is 3.31. The van der Waals surface area contributed by atoms with Crippen molar-refractivity contribution >= 4 is 15.9 Å². The molecule has 0 atom stereocenters. The molecular formula is C14H13BrFNO2. The molecule has 3 nitrogen and oxygen atoms in total. The van der Waals surface area contributed by atoms with Gasteiger partial charge in [-0.05, 0) is 59.6 Å². The number of halogens is 2. The summed E-state index contributed by atoms with van der Waals surface area (Å²) in [5.74, 6) is 0.446. The summed E-state index contributed by atoms with van der Waals surface area (Å²) >= 11 is 3.10. The van der Waals surface area contributed by atoms with Crippen LogP contribution in [0.1, 0.15) is 16.8 Å². The van der Waals surface area contributed by atoms with Crippen LogP contribution in [0, 0.1) is 19.7 Å². The van der Waals surface area contributed by atoms with Gasteiger partial charge in [0.2, 0.25) is 5.88 Å². The molecule has 0 fully saturated rings. The first-order valence-electron chi connectivity index (χ1n) is 5.72. The number of aliphatic hydroxyl groups is 1. The van der Waals surface area contributed by atoms with Gasteiger partial charge in [0.25, 0.3) is 0 Å². The molecule has 100 valence electrons. The fourth-order valence-corrected chi connectivity index (χ4v) is 2.12. The Bertz CT molecular complexity index is 617. The molecule has 5 heteroatoms.